The van der Waals surface area contributed by atoms with E-state index in [1.807, 2.05) is 30.3 Å². The molecule has 2 heterocycles. The Bertz CT molecular complexity index is 604. The summed E-state index contributed by atoms with van der Waals surface area (Å²) < 4.78 is 1.71. The second-order valence-corrected chi connectivity index (χ2v) is 4.39. The van der Waals surface area contributed by atoms with E-state index < -0.39 is 0 Å². The number of aromatic amines is 1. The van der Waals surface area contributed by atoms with Gasteiger partial charge in [-0.25, -0.2) is 4.98 Å². The summed E-state index contributed by atoms with van der Waals surface area (Å²) in [5, 5.41) is 19.0. The topological polar surface area (TPSA) is 85.2 Å². The van der Waals surface area contributed by atoms with E-state index in [1.54, 1.807) is 4.68 Å². The number of hydrogen-bond acceptors (Lipinski definition) is 6. The van der Waals surface area contributed by atoms with Crippen molar-refractivity contribution >= 4 is 11.8 Å². The first-order chi connectivity index (χ1) is 8.93. The lowest BCUT2D eigenvalue weighted by Gasteiger charge is -2.02. The highest BCUT2D eigenvalue weighted by Crippen LogP contribution is 2.17. The summed E-state index contributed by atoms with van der Waals surface area (Å²) in [7, 11) is 0. The van der Waals surface area contributed by atoms with E-state index >= 15 is 0 Å². The van der Waals surface area contributed by atoms with Gasteiger partial charge < -0.3 is 0 Å². The van der Waals surface area contributed by atoms with Crippen LogP contribution in [0.1, 0.15) is 5.82 Å². The van der Waals surface area contributed by atoms with Crippen molar-refractivity contribution in [2.24, 2.45) is 0 Å². The van der Waals surface area contributed by atoms with Crippen LogP contribution in [0.5, 0.6) is 0 Å². The molecule has 3 rings (SSSR count). The predicted octanol–water partition coefficient (Wildman–Crippen LogP) is 1.07. The van der Waals surface area contributed by atoms with Gasteiger partial charge in [0.15, 0.2) is 11.0 Å². The lowest BCUT2D eigenvalue weighted by Crippen LogP contribution is -2.01. The fourth-order valence-electron chi connectivity index (χ4n) is 1.46. The predicted molar refractivity (Wildman–Crippen MR) is 65.1 cm³/mol. The van der Waals surface area contributed by atoms with Crippen molar-refractivity contribution in [3.05, 3.63) is 42.5 Å². The van der Waals surface area contributed by atoms with Gasteiger partial charge in [-0.05, 0) is 22.6 Å². The molecule has 3 aromatic rings. The lowest BCUT2D eigenvalue weighted by atomic mass is 10.3. The minimum absolute atomic E-state index is 0.622. The van der Waals surface area contributed by atoms with Gasteiger partial charge in [0.05, 0.1) is 11.4 Å². The maximum Gasteiger partial charge on any atom is 0.183 e. The molecular weight excluding hydrogens is 250 g/mol. The number of nitrogens with one attached hydrogen (secondary N) is 1. The fourth-order valence-corrected chi connectivity index (χ4v) is 2.15. The van der Waals surface area contributed by atoms with Gasteiger partial charge in [-0.2, -0.15) is 9.78 Å². The smallest absolute Gasteiger partial charge is 0.183 e. The van der Waals surface area contributed by atoms with Crippen LogP contribution >= 0.6 is 11.8 Å². The summed E-state index contributed by atoms with van der Waals surface area (Å²) >= 11 is 1.50. The maximum absolute atomic E-state index is 4.04. The highest BCUT2D eigenvalue weighted by atomic mass is 32.2. The summed E-state index contributed by atoms with van der Waals surface area (Å²) in [6.07, 6.45) is 1.47. The van der Waals surface area contributed by atoms with E-state index in [2.05, 4.69) is 30.7 Å². The number of hydrogen-bond donors (Lipinski definition) is 1. The Morgan fingerprint density at radius 3 is 2.89 bits per heavy atom. The van der Waals surface area contributed by atoms with Crippen LogP contribution in [-0.2, 0) is 5.75 Å². The van der Waals surface area contributed by atoms with E-state index in [0.29, 0.717) is 5.75 Å². The summed E-state index contributed by atoms with van der Waals surface area (Å²) in [5.74, 6) is 1.39. The standard InChI is InChI=1S/C10H9N7S/c1-2-4-8(5-3-1)17-9(13-15-16-17)6-18-10-11-7-12-14-10/h1-5,7H,6H2,(H,11,12,14). The van der Waals surface area contributed by atoms with Crippen LogP contribution in [0.25, 0.3) is 5.69 Å². The van der Waals surface area contributed by atoms with E-state index in [0.717, 1.165) is 16.7 Å². The van der Waals surface area contributed by atoms with Crippen molar-refractivity contribution in [3.63, 3.8) is 0 Å². The molecule has 1 aromatic carbocycles. The molecule has 0 unspecified atom stereocenters. The molecule has 0 atom stereocenters. The summed E-state index contributed by atoms with van der Waals surface area (Å²) in [6, 6.07) is 9.77. The highest BCUT2D eigenvalue weighted by molar-refractivity contribution is 7.98. The number of H-pyrrole nitrogens is 1. The van der Waals surface area contributed by atoms with Crippen molar-refractivity contribution in [3.8, 4) is 5.69 Å². The van der Waals surface area contributed by atoms with Gasteiger partial charge in [-0.1, -0.05) is 30.0 Å². The van der Waals surface area contributed by atoms with E-state index in [9.17, 15) is 0 Å². The second-order valence-electron chi connectivity index (χ2n) is 3.42. The molecule has 2 aromatic heterocycles. The third-order valence-corrected chi connectivity index (χ3v) is 3.14. The molecule has 1 N–H and O–H groups in total. The van der Waals surface area contributed by atoms with Gasteiger partial charge >= 0.3 is 0 Å². The largest absolute Gasteiger partial charge is 0.254 e. The molecule has 0 bridgehead atoms. The van der Waals surface area contributed by atoms with Crippen LogP contribution in [0.2, 0.25) is 0 Å². The van der Waals surface area contributed by atoms with Crippen LogP contribution < -0.4 is 0 Å². The summed E-state index contributed by atoms with van der Waals surface area (Å²) in [6.45, 7) is 0. The molecule has 18 heavy (non-hydrogen) atoms. The van der Waals surface area contributed by atoms with Crippen molar-refractivity contribution in [2.75, 3.05) is 0 Å². The summed E-state index contributed by atoms with van der Waals surface area (Å²) in [4.78, 5) is 4.04. The molecule has 0 saturated carbocycles. The minimum atomic E-state index is 0.622. The Morgan fingerprint density at radius 2 is 2.11 bits per heavy atom. The van der Waals surface area contributed by atoms with Crippen molar-refractivity contribution < 1.29 is 0 Å². The fraction of sp³-hybridized carbons (Fsp3) is 0.100. The molecule has 0 aliphatic heterocycles. The van der Waals surface area contributed by atoms with Crippen LogP contribution in [0, 0.1) is 0 Å². The van der Waals surface area contributed by atoms with Crippen LogP contribution in [0.15, 0.2) is 41.8 Å². The average molecular weight is 259 g/mol. The minimum Gasteiger partial charge on any atom is -0.254 e. The molecule has 0 amide bonds. The Kier molecular flexibility index (Phi) is 3.01. The van der Waals surface area contributed by atoms with Crippen molar-refractivity contribution in [1.29, 1.82) is 0 Å². The quantitative estimate of drug-likeness (QED) is 0.705. The second kappa shape index (κ2) is 4.96. The molecule has 0 saturated heterocycles. The first kappa shape index (κ1) is 10.9. The Balaban J connectivity index is 1.80. The van der Waals surface area contributed by atoms with Crippen LogP contribution in [-0.4, -0.2) is 35.4 Å². The lowest BCUT2D eigenvalue weighted by molar-refractivity contribution is 0.777. The van der Waals surface area contributed by atoms with Crippen molar-refractivity contribution in [1.82, 2.24) is 35.4 Å². The molecule has 0 radical (unpaired) electrons. The van der Waals surface area contributed by atoms with Gasteiger partial charge in [0, 0.05) is 0 Å². The molecule has 7 nitrogen and oxygen atoms in total. The first-order valence-corrected chi connectivity index (χ1v) is 6.23. The molecule has 0 aliphatic rings. The normalized spacial score (nSPS) is 10.7. The van der Waals surface area contributed by atoms with Gasteiger partial charge in [-0.15, -0.1) is 5.10 Å². The molecule has 8 heteroatoms. The van der Waals surface area contributed by atoms with Gasteiger partial charge in [0.1, 0.15) is 6.33 Å². The third-order valence-electron chi connectivity index (χ3n) is 2.27. The van der Waals surface area contributed by atoms with Gasteiger partial charge in [0.2, 0.25) is 0 Å². The summed E-state index contributed by atoms with van der Waals surface area (Å²) in [5.41, 5.74) is 0.940. The van der Waals surface area contributed by atoms with Gasteiger partial charge in [0.25, 0.3) is 0 Å². The molecule has 90 valence electrons. The Hall–Kier alpha value is -2.22. The maximum atomic E-state index is 4.04. The Labute approximate surface area is 107 Å². The SMILES string of the molecule is c1ccc(-n2nnnc2CSc2ncn[nH]2)cc1. The van der Waals surface area contributed by atoms with E-state index in [4.69, 9.17) is 0 Å². The van der Waals surface area contributed by atoms with Crippen LogP contribution in [0.4, 0.5) is 0 Å². The number of rotatable bonds is 4. The van der Waals surface area contributed by atoms with E-state index in [-0.39, 0.29) is 0 Å². The number of aromatic nitrogens is 7. The monoisotopic (exact) mass is 259 g/mol. The highest BCUT2D eigenvalue weighted by Gasteiger charge is 2.09. The average Bonchev–Trinajstić information content (AvgIpc) is 3.09. The first-order valence-electron chi connectivity index (χ1n) is 5.24. The zero-order valence-corrected chi connectivity index (χ0v) is 10.1. The number of tetrazole rings is 1. The zero-order valence-electron chi connectivity index (χ0n) is 9.26. The number of benzene rings is 1. The number of thioether (sulfide) groups is 1. The molecule has 0 fully saturated rings. The number of para-hydroxylation sites is 1. The van der Waals surface area contributed by atoms with Gasteiger partial charge in [-0.3, -0.25) is 5.10 Å². The molecule has 0 aliphatic carbocycles. The zero-order chi connectivity index (χ0) is 12.2. The van der Waals surface area contributed by atoms with Crippen molar-refractivity contribution in [2.45, 2.75) is 10.9 Å². The number of nitrogens with zero attached hydrogens (tertiary/aromatic N) is 6. The molecular formula is C10H9N7S. The molecule has 0 spiro atoms. The van der Waals surface area contributed by atoms with E-state index in [1.165, 1.54) is 18.1 Å². The van der Waals surface area contributed by atoms with Crippen LogP contribution in [0.3, 0.4) is 0 Å². The third kappa shape index (κ3) is 2.23. The Morgan fingerprint density at radius 1 is 1.22 bits per heavy atom.